The molecule has 6 nitrogen and oxygen atoms in total. The van der Waals surface area contributed by atoms with Gasteiger partial charge in [0, 0.05) is 52.5 Å². The minimum atomic E-state index is 0.751. The summed E-state index contributed by atoms with van der Waals surface area (Å²) < 4.78 is 0. The number of rotatable bonds is 4. The summed E-state index contributed by atoms with van der Waals surface area (Å²) in [6, 6.07) is 11.0. The molecule has 1 fully saturated rings. The molecule has 3 heterocycles. The summed E-state index contributed by atoms with van der Waals surface area (Å²) in [6.45, 7) is 9.29. The van der Waals surface area contributed by atoms with E-state index in [1.807, 2.05) is 19.0 Å². The molecule has 3 aromatic rings. The number of hydrogen-bond acceptors (Lipinski definition) is 5. The Morgan fingerprint density at radius 2 is 1.81 bits per heavy atom. The van der Waals surface area contributed by atoms with E-state index in [-0.39, 0.29) is 0 Å². The van der Waals surface area contributed by atoms with E-state index in [0.29, 0.717) is 0 Å². The van der Waals surface area contributed by atoms with Gasteiger partial charge in [-0.25, -0.2) is 0 Å². The van der Waals surface area contributed by atoms with E-state index in [4.69, 9.17) is 4.98 Å². The first-order valence-corrected chi connectivity index (χ1v) is 9.57. The number of piperazine rings is 1. The Kier molecular flexibility index (Phi) is 4.74. The Bertz CT molecular complexity index is 937. The molecule has 0 amide bonds. The molecule has 0 aliphatic carbocycles. The molecule has 6 heteroatoms. The number of benzene rings is 1. The first kappa shape index (κ1) is 17.8. The number of nitrogens with one attached hydrogen (secondary N) is 1. The molecule has 0 bridgehead atoms. The van der Waals surface area contributed by atoms with Crippen molar-refractivity contribution in [2.24, 2.45) is 0 Å². The highest BCUT2D eigenvalue weighted by atomic mass is 15.3. The van der Waals surface area contributed by atoms with Gasteiger partial charge in [-0.05, 0) is 25.5 Å². The van der Waals surface area contributed by atoms with E-state index in [9.17, 15) is 0 Å². The zero-order valence-corrected chi connectivity index (χ0v) is 16.7. The van der Waals surface area contributed by atoms with Crippen LogP contribution in [-0.2, 0) is 6.54 Å². The van der Waals surface area contributed by atoms with Crippen molar-refractivity contribution >= 4 is 22.8 Å². The monoisotopic (exact) mass is 364 g/mol. The standard InChI is InChI=1S/C21H28N6/c1-15-6-5-7-17(12-15)14-26-8-10-27(11-9-26)20-18-13-16(2)22-19(18)23-21(24-20)25(3)4/h5-7,12-13H,8-11,14H2,1-4H3,(H,22,23,24). The van der Waals surface area contributed by atoms with Gasteiger partial charge in [0.05, 0.1) is 5.39 Å². The van der Waals surface area contributed by atoms with Crippen LogP contribution >= 0.6 is 0 Å². The van der Waals surface area contributed by atoms with Crippen LogP contribution in [0.5, 0.6) is 0 Å². The van der Waals surface area contributed by atoms with Gasteiger partial charge < -0.3 is 14.8 Å². The summed E-state index contributed by atoms with van der Waals surface area (Å²) in [5, 5.41) is 1.12. The van der Waals surface area contributed by atoms with Gasteiger partial charge in [0.1, 0.15) is 11.5 Å². The number of aromatic amines is 1. The fraction of sp³-hybridized carbons (Fsp3) is 0.429. The first-order valence-electron chi connectivity index (χ1n) is 9.57. The molecule has 0 unspecified atom stereocenters. The highest BCUT2D eigenvalue weighted by Gasteiger charge is 2.22. The fourth-order valence-electron chi connectivity index (χ4n) is 3.74. The van der Waals surface area contributed by atoms with Crippen molar-refractivity contribution < 1.29 is 0 Å². The Hall–Kier alpha value is -2.60. The number of aryl methyl sites for hydroxylation is 2. The van der Waals surface area contributed by atoms with Crippen molar-refractivity contribution in [3.05, 3.63) is 47.2 Å². The quantitative estimate of drug-likeness (QED) is 0.771. The molecule has 1 saturated heterocycles. The van der Waals surface area contributed by atoms with E-state index in [1.54, 1.807) is 0 Å². The average molecular weight is 364 g/mol. The van der Waals surface area contributed by atoms with Gasteiger partial charge >= 0.3 is 0 Å². The maximum absolute atomic E-state index is 4.86. The second-order valence-electron chi connectivity index (χ2n) is 7.71. The zero-order valence-electron chi connectivity index (χ0n) is 16.7. The van der Waals surface area contributed by atoms with Gasteiger partial charge in [-0.2, -0.15) is 9.97 Å². The lowest BCUT2D eigenvalue weighted by atomic mass is 10.1. The molecule has 1 aliphatic rings. The van der Waals surface area contributed by atoms with Crippen LogP contribution in [0, 0.1) is 13.8 Å². The Balaban J connectivity index is 1.52. The maximum atomic E-state index is 4.86. The number of aromatic nitrogens is 3. The van der Waals surface area contributed by atoms with Crippen LogP contribution in [-0.4, -0.2) is 60.1 Å². The second-order valence-corrected chi connectivity index (χ2v) is 7.71. The Morgan fingerprint density at radius 1 is 1.04 bits per heavy atom. The number of nitrogens with zero attached hydrogens (tertiary/aromatic N) is 5. The molecular formula is C21H28N6. The van der Waals surface area contributed by atoms with Crippen molar-refractivity contribution in [3.63, 3.8) is 0 Å². The molecular weight excluding hydrogens is 336 g/mol. The van der Waals surface area contributed by atoms with Gasteiger partial charge in [-0.15, -0.1) is 0 Å². The van der Waals surface area contributed by atoms with E-state index in [2.05, 4.69) is 63.9 Å². The van der Waals surface area contributed by atoms with E-state index in [0.717, 1.165) is 61.2 Å². The zero-order chi connectivity index (χ0) is 19.0. The summed E-state index contributed by atoms with van der Waals surface area (Å²) in [4.78, 5) is 19.8. The van der Waals surface area contributed by atoms with Crippen molar-refractivity contribution in [1.82, 2.24) is 19.9 Å². The van der Waals surface area contributed by atoms with Crippen LogP contribution in [0.25, 0.3) is 11.0 Å². The molecule has 4 rings (SSSR count). The third kappa shape index (κ3) is 3.76. The molecule has 0 saturated carbocycles. The number of hydrogen-bond donors (Lipinski definition) is 1. The molecule has 27 heavy (non-hydrogen) atoms. The highest BCUT2D eigenvalue weighted by Crippen LogP contribution is 2.28. The van der Waals surface area contributed by atoms with Gasteiger partial charge in [-0.3, -0.25) is 4.90 Å². The predicted octanol–water partition coefficient (Wildman–Crippen LogP) is 2.96. The number of anilines is 2. The van der Waals surface area contributed by atoms with Crippen LogP contribution in [0.1, 0.15) is 16.8 Å². The third-order valence-electron chi connectivity index (χ3n) is 5.15. The SMILES string of the molecule is Cc1cccc(CN2CCN(c3nc(N(C)C)nc4[nH]c(C)cc34)CC2)c1. The van der Waals surface area contributed by atoms with Gasteiger partial charge in [-0.1, -0.05) is 29.8 Å². The average Bonchev–Trinajstić information content (AvgIpc) is 3.01. The number of fused-ring (bicyclic) bond motifs is 1. The van der Waals surface area contributed by atoms with Gasteiger partial charge in [0.15, 0.2) is 0 Å². The predicted molar refractivity (Wildman–Crippen MR) is 112 cm³/mol. The van der Waals surface area contributed by atoms with Crippen LogP contribution in [0.15, 0.2) is 30.3 Å². The smallest absolute Gasteiger partial charge is 0.228 e. The van der Waals surface area contributed by atoms with Crippen molar-refractivity contribution in [2.75, 3.05) is 50.1 Å². The number of H-pyrrole nitrogens is 1. The molecule has 0 radical (unpaired) electrons. The van der Waals surface area contributed by atoms with Crippen molar-refractivity contribution in [2.45, 2.75) is 20.4 Å². The summed E-state index contributed by atoms with van der Waals surface area (Å²) in [5.41, 5.74) is 4.76. The fourth-order valence-corrected chi connectivity index (χ4v) is 3.74. The normalized spacial score (nSPS) is 15.5. The van der Waals surface area contributed by atoms with Crippen LogP contribution in [0.2, 0.25) is 0 Å². The van der Waals surface area contributed by atoms with Crippen molar-refractivity contribution in [1.29, 1.82) is 0 Å². The van der Waals surface area contributed by atoms with E-state index in [1.165, 1.54) is 11.1 Å². The molecule has 1 aromatic carbocycles. The molecule has 0 spiro atoms. The van der Waals surface area contributed by atoms with Gasteiger partial charge in [0.2, 0.25) is 5.95 Å². The Morgan fingerprint density at radius 3 is 2.52 bits per heavy atom. The van der Waals surface area contributed by atoms with Crippen LogP contribution in [0.4, 0.5) is 11.8 Å². The lowest BCUT2D eigenvalue weighted by Gasteiger charge is -2.36. The van der Waals surface area contributed by atoms with Crippen molar-refractivity contribution in [3.8, 4) is 0 Å². The second kappa shape index (κ2) is 7.19. The molecule has 1 aliphatic heterocycles. The van der Waals surface area contributed by atoms with Gasteiger partial charge in [0.25, 0.3) is 0 Å². The molecule has 0 atom stereocenters. The molecule has 142 valence electrons. The van der Waals surface area contributed by atoms with Crippen LogP contribution < -0.4 is 9.80 Å². The topological polar surface area (TPSA) is 51.3 Å². The maximum Gasteiger partial charge on any atom is 0.228 e. The Labute approximate surface area is 160 Å². The first-order chi connectivity index (χ1) is 13.0. The lowest BCUT2D eigenvalue weighted by Crippen LogP contribution is -2.46. The summed E-state index contributed by atoms with van der Waals surface area (Å²) in [6.07, 6.45) is 0. The minimum absolute atomic E-state index is 0.751. The molecule has 2 aromatic heterocycles. The van der Waals surface area contributed by atoms with E-state index >= 15 is 0 Å². The summed E-state index contributed by atoms with van der Waals surface area (Å²) in [7, 11) is 3.97. The summed E-state index contributed by atoms with van der Waals surface area (Å²) in [5.74, 6) is 1.80. The summed E-state index contributed by atoms with van der Waals surface area (Å²) >= 11 is 0. The largest absolute Gasteiger partial charge is 0.353 e. The molecule has 1 N–H and O–H groups in total. The lowest BCUT2D eigenvalue weighted by molar-refractivity contribution is 0.249. The van der Waals surface area contributed by atoms with Crippen LogP contribution in [0.3, 0.4) is 0 Å². The third-order valence-corrected chi connectivity index (χ3v) is 5.15. The highest BCUT2D eigenvalue weighted by molar-refractivity contribution is 5.89. The minimum Gasteiger partial charge on any atom is -0.353 e. The van der Waals surface area contributed by atoms with E-state index < -0.39 is 0 Å².